The molecule has 4 unspecified atom stereocenters. The first-order chi connectivity index (χ1) is 9.82. The predicted octanol–water partition coefficient (Wildman–Crippen LogP) is 4.82. The van der Waals surface area contributed by atoms with E-state index in [1.165, 1.54) is 19.3 Å². The van der Waals surface area contributed by atoms with Gasteiger partial charge in [-0.25, -0.2) is 0 Å². The molecule has 0 amide bonds. The van der Waals surface area contributed by atoms with Crippen LogP contribution in [0.2, 0.25) is 0 Å². The lowest BCUT2D eigenvalue weighted by Crippen LogP contribution is -2.56. The van der Waals surface area contributed by atoms with E-state index in [4.69, 9.17) is 0 Å². The highest BCUT2D eigenvalue weighted by Crippen LogP contribution is 2.62. The fourth-order valence-electron chi connectivity index (χ4n) is 4.82. The Morgan fingerprint density at radius 2 is 1.73 bits per heavy atom. The van der Waals surface area contributed by atoms with E-state index < -0.39 is 0 Å². The minimum absolute atomic E-state index is 0.00190. The van der Waals surface area contributed by atoms with Crippen molar-refractivity contribution in [2.45, 2.75) is 92.7 Å². The van der Waals surface area contributed by atoms with E-state index >= 15 is 0 Å². The summed E-state index contributed by atoms with van der Waals surface area (Å²) < 4.78 is 0. The number of Topliss-reactive ketones (excluding diaryl/α,β-unsaturated/α-hetero) is 1. The molecule has 0 aromatic carbocycles. The highest BCUT2D eigenvalue weighted by atomic mass is 16.1. The highest BCUT2D eigenvalue weighted by Gasteiger charge is 2.54. The standard InChI is InChI=1S/C20H37NO/c1-18(2,3)17(22)16(21-19(4,5)6)11-13-9-10-14-12-15(13)20(14,7)8/h13-16,21H,9-12H2,1-8H3. The van der Waals surface area contributed by atoms with Crippen molar-refractivity contribution in [3.05, 3.63) is 0 Å². The smallest absolute Gasteiger partial charge is 0.155 e. The first kappa shape index (κ1) is 18.0. The molecule has 3 aliphatic rings. The molecule has 0 heterocycles. The quantitative estimate of drug-likeness (QED) is 0.806. The number of carbonyl (C=O) groups excluding carboxylic acids is 1. The molecule has 1 N–H and O–H groups in total. The van der Waals surface area contributed by atoms with Crippen LogP contribution in [-0.4, -0.2) is 17.4 Å². The van der Waals surface area contributed by atoms with Crippen LogP contribution in [0.3, 0.4) is 0 Å². The van der Waals surface area contributed by atoms with E-state index in [1.807, 2.05) is 0 Å². The lowest BCUT2D eigenvalue weighted by atomic mass is 9.45. The third-order valence-corrected chi connectivity index (χ3v) is 6.20. The van der Waals surface area contributed by atoms with Crippen LogP contribution in [0.25, 0.3) is 0 Å². The Kier molecular flexibility index (Phi) is 4.59. The summed E-state index contributed by atoms with van der Waals surface area (Å²) in [5.74, 6) is 2.84. The average Bonchev–Trinajstić information content (AvgIpc) is 2.34. The highest BCUT2D eigenvalue weighted by molar-refractivity contribution is 5.88. The molecule has 3 saturated carbocycles. The fraction of sp³-hybridized carbons (Fsp3) is 0.950. The van der Waals surface area contributed by atoms with Gasteiger partial charge in [0.2, 0.25) is 0 Å². The van der Waals surface area contributed by atoms with Crippen LogP contribution in [-0.2, 0) is 4.79 Å². The monoisotopic (exact) mass is 307 g/mol. The van der Waals surface area contributed by atoms with Gasteiger partial charge in [-0.1, -0.05) is 34.6 Å². The van der Waals surface area contributed by atoms with Crippen molar-refractivity contribution in [3.8, 4) is 0 Å². The molecule has 0 saturated heterocycles. The number of hydrogen-bond donors (Lipinski definition) is 1. The second kappa shape index (κ2) is 5.61. The van der Waals surface area contributed by atoms with Crippen LogP contribution in [0.5, 0.6) is 0 Å². The van der Waals surface area contributed by atoms with E-state index in [-0.39, 0.29) is 17.0 Å². The van der Waals surface area contributed by atoms with Crippen molar-refractivity contribution in [1.29, 1.82) is 0 Å². The summed E-state index contributed by atoms with van der Waals surface area (Å²) in [4.78, 5) is 12.9. The van der Waals surface area contributed by atoms with Gasteiger partial charge in [-0.2, -0.15) is 0 Å². The number of rotatable bonds is 4. The van der Waals surface area contributed by atoms with E-state index in [2.05, 4.69) is 60.7 Å². The molecule has 2 nitrogen and oxygen atoms in total. The van der Waals surface area contributed by atoms with E-state index in [0.29, 0.717) is 17.1 Å². The van der Waals surface area contributed by atoms with E-state index in [9.17, 15) is 4.79 Å². The van der Waals surface area contributed by atoms with Crippen LogP contribution >= 0.6 is 0 Å². The topological polar surface area (TPSA) is 29.1 Å². The second-order valence-electron chi connectivity index (χ2n) is 10.5. The molecule has 0 aromatic heterocycles. The van der Waals surface area contributed by atoms with Crippen molar-refractivity contribution in [3.63, 3.8) is 0 Å². The molecule has 3 aliphatic carbocycles. The van der Waals surface area contributed by atoms with Crippen molar-refractivity contribution in [2.75, 3.05) is 0 Å². The molecular formula is C20H37NO. The molecule has 0 spiro atoms. The predicted molar refractivity (Wildman–Crippen MR) is 93.9 cm³/mol. The SMILES string of the molecule is CC(C)(C)NC(CC1CCC2CC1C2(C)C)C(=O)C(C)(C)C. The molecule has 3 rings (SSSR count). The lowest BCUT2D eigenvalue weighted by Gasteiger charge is -2.60. The van der Waals surface area contributed by atoms with Crippen LogP contribution in [0.1, 0.15) is 81.1 Å². The van der Waals surface area contributed by atoms with Gasteiger partial charge in [0, 0.05) is 11.0 Å². The van der Waals surface area contributed by atoms with E-state index in [1.54, 1.807) is 0 Å². The zero-order chi connectivity index (χ0) is 16.9. The third-order valence-electron chi connectivity index (χ3n) is 6.20. The molecular weight excluding hydrogens is 270 g/mol. The van der Waals surface area contributed by atoms with Gasteiger partial charge in [-0.3, -0.25) is 4.79 Å². The van der Waals surface area contributed by atoms with Gasteiger partial charge in [0.05, 0.1) is 6.04 Å². The van der Waals surface area contributed by atoms with Gasteiger partial charge in [-0.05, 0) is 69.6 Å². The molecule has 3 fully saturated rings. The zero-order valence-electron chi connectivity index (χ0n) is 16.0. The Bertz CT molecular complexity index is 422. The normalized spacial score (nSPS) is 32.3. The summed E-state index contributed by atoms with van der Waals surface area (Å²) >= 11 is 0. The van der Waals surface area contributed by atoms with Crippen LogP contribution < -0.4 is 5.32 Å². The van der Waals surface area contributed by atoms with Crippen molar-refractivity contribution in [2.24, 2.45) is 28.6 Å². The summed E-state index contributed by atoms with van der Waals surface area (Å²) in [7, 11) is 0. The minimum atomic E-state index is -0.269. The van der Waals surface area contributed by atoms with Crippen molar-refractivity contribution < 1.29 is 4.79 Å². The number of fused-ring (bicyclic) bond motifs is 2. The molecule has 128 valence electrons. The Morgan fingerprint density at radius 3 is 2.14 bits per heavy atom. The van der Waals surface area contributed by atoms with Gasteiger partial charge in [0.1, 0.15) is 0 Å². The Morgan fingerprint density at radius 1 is 1.14 bits per heavy atom. The molecule has 2 bridgehead atoms. The maximum Gasteiger partial charge on any atom is 0.155 e. The molecule has 2 heteroatoms. The summed E-state index contributed by atoms with van der Waals surface area (Å²) in [5.41, 5.74) is 0.215. The van der Waals surface area contributed by atoms with Crippen molar-refractivity contribution >= 4 is 5.78 Å². The molecule has 0 radical (unpaired) electrons. The largest absolute Gasteiger partial charge is 0.303 e. The number of ketones is 1. The number of hydrogen-bond acceptors (Lipinski definition) is 2. The van der Waals surface area contributed by atoms with Gasteiger partial charge in [0.15, 0.2) is 5.78 Å². The van der Waals surface area contributed by atoms with Gasteiger partial charge < -0.3 is 5.32 Å². The molecule has 4 atom stereocenters. The maximum atomic E-state index is 12.9. The zero-order valence-corrected chi connectivity index (χ0v) is 16.0. The van der Waals surface area contributed by atoms with Crippen LogP contribution in [0, 0.1) is 28.6 Å². The average molecular weight is 308 g/mol. The Labute approximate surface area is 137 Å². The molecule has 0 aromatic rings. The van der Waals surface area contributed by atoms with Crippen LogP contribution in [0.4, 0.5) is 0 Å². The minimum Gasteiger partial charge on any atom is -0.303 e. The molecule has 0 aliphatic heterocycles. The maximum absolute atomic E-state index is 12.9. The Balaban J connectivity index is 2.11. The number of nitrogens with one attached hydrogen (secondary N) is 1. The second-order valence-corrected chi connectivity index (χ2v) is 10.5. The number of carbonyl (C=O) groups is 1. The summed E-state index contributed by atoms with van der Waals surface area (Å²) in [6.07, 6.45) is 5.09. The third kappa shape index (κ3) is 3.58. The summed E-state index contributed by atoms with van der Waals surface area (Å²) in [6, 6.07) is -0.00190. The van der Waals surface area contributed by atoms with Crippen LogP contribution in [0.15, 0.2) is 0 Å². The Hall–Kier alpha value is -0.370. The summed E-state index contributed by atoms with van der Waals surface area (Å²) in [6.45, 7) is 17.5. The lowest BCUT2D eigenvalue weighted by molar-refractivity contribution is -0.133. The fourth-order valence-corrected chi connectivity index (χ4v) is 4.82. The van der Waals surface area contributed by atoms with Gasteiger partial charge in [-0.15, -0.1) is 0 Å². The summed E-state index contributed by atoms with van der Waals surface area (Å²) in [5, 5.41) is 3.63. The van der Waals surface area contributed by atoms with E-state index in [0.717, 1.165) is 18.3 Å². The van der Waals surface area contributed by atoms with Gasteiger partial charge >= 0.3 is 0 Å². The van der Waals surface area contributed by atoms with Gasteiger partial charge in [0.25, 0.3) is 0 Å². The molecule has 22 heavy (non-hydrogen) atoms. The van der Waals surface area contributed by atoms with Crippen molar-refractivity contribution in [1.82, 2.24) is 5.32 Å². The first-order valence-corrected chi connectivity index (χ1v) is 9.14. The first-order valence-electron chi connectivity index (χ1n) is 9.14.